The first kappa shape index (κ1) is 14.7. The van der Waals surface area contributed by atoms with Crippen LogP contribution in [0.25, 0.3) is 0 Å². The Balaban J connectivity index is 2.71. The predicted molar refractivity (Wildman–Crippen MR) is 67.0 cm³/mol. The van der Waals surface area contributed by atoms with Crippen molar-refractivity contribution in [1.82, 2.24) is 10.1 Å². The smallest absolute Gasteiger partial charge is 0.309 e. The Morgan fingerprint density at radius 3 is 2.44 bits per heavy atom. The van der Waals surface area contributed by atoms with Gasteiger partial charge in [0.05, 0.1) is 5.92 Å². The van der Waals surface area contributed by atoms with Crippen LogP contribution in [-0.4, -0.2) is 16.1 Å². The fraction of sp³-hybridized carbons (Fsp3) is 0.769. The van der Waals surface area contributed by atoms with Gasteiger partial charge in [0.15, 0.2) is 11.9 Å². The van der Waals surface area contributed by atoms with E-state index < -0.39 is 6.10 Å². The number of aromatic nitrogens is 2. The van der Waals surface area contributed by atoms with Gasteiger partial charge < -0.3 is 9.26 Å². The molecule has 18 heavy (non-hydrogen) atoms. The summed E-state index contributed by atoms with van der Waals surface area (Å²) in [5, 5.41) is 3.90. The summed E-state index contributed by atoms with van der Waals surface area (Å²) < 4.78 is 10.4. The zero-order valence-electron chi connectivity index (χ0n) is 12.0. The summed E-state index contributed by atoms with van der Waals surface area (Å²) in [7, 11) is 0. The van der Waals surface area contributed by atoms with Crippen molar-refractivity contribution in [2.24, 2.45) is 5.92 Å². The Kier molecular flexibility index (Phi) is 4.48. The summed E-state index contributed by atoms with van der Waals surface area (Å²) in [6.07, 6.45) is 0.248. The highest BCUT2D eigenvalue weighted by Gasteiger charge is 2.25. The molecule has 2 unspecified atom stereocenters. The maximum atomic E-state index is 11.6. The largest absolute Gasteiger partial charge is 0.452 e. The SMILES string of the molecule is CCC(C)C(=O)OC(C)c1nc(C(C)(C)C)no1. The summed E-state index contributed by atoms with van der Waals surface area (Å²) in [4.78, 5) is 15.9. The van der Waals surface area contributed by atoms with Gasteiger partial charge in [-0.15, -0.1) is 0 Å². The lowest BCUT2D eigenvalue weighted by molar-refractivity contribution is -0.154. The number of carbonyl (C=O) groups excluding carboxylic acids is 1. The van der Waals surface area contributed by atoms with E-state index in [0.717, 1.165) is 6.42 Å². The normalized spacial score (nSPS) is 15.2. The van der Waals surface area contributed by atoms with Crippen LogP contribution in [0, 0.1) is 5.92 Å². The van der Waals surface area contributed by atoms with Crippen LogP contribution in [0.2, 0.25) is 0 Å². The molecule has 0 N–H and O–H groups in total. The van der Waals surface area contributed by atoms with E-state index in [1.807, 2.05) is 34.6 Å². The molecular formula is C13H22N2O3. The Morgan fingerprint density at radius 2 is 2.00 bits per heavy atom. The van der Waals surface area contributed by atoms with Gasteiger partial charge in [0.1, 0.15) is 0 Å². The van der Waals surface area contributed by atoms with E-state index in [9.17, 15) is 4.79 Å². The van der Waals surface area contributed by atoms with E-state index in [4.69, 9.17) is 9.26 Å². The summed E-state index contributed by atoms with van der Waals surface area (Å²) in [5.74, 6) is 0.610. The van der Waals surface area contributed by atoms with Gasteiger partial charge in [-0.1, -0.05) is 39.8 Å². The minimum atomic E-state index is -0.505. The highest BCUT2D eigenvalue weighted by atomic mass is 16.6. The number of ether oxygens (including phenoxy) is 1. The van der Waals surface area contributed by atoms with Crippen molar-refractivity contribution in [2.45, 2.75) is 59.5 Å². The van der Waals surface area contributed by atoms with Gasteiger partial charge in [-0.2, -0.15) is 4.98 Å². The van der Waals surface area contributed by atoms with Crippen molar-refractivity contribution in [3.63, 3.8) is 0 Å². The molecule has 0 amide bonds. The molecule has 1 heterocycles. The van der Waals surface area contributed by atoms with Crippen LogP contribution in [0.1, 0.15) is 65.8 Å². The van der Waals surface area contributed by atoms with Crippen LogP contribution in [0.5, 0.6) is 0 Å². The van der Waals surface area contributed by atoms with Crippen molar-refractivity contribution >= 4 is 5.97 Å². The van der Waals surface area contributed by atoms with Crippen molar-refractivity contribution in [1.29, 1.82) is 0 Å². The molecule has 5 heteroatoms. The van der Waals surface area contributed by atoms with E-state index in [1.165, 1.54) is 0 Å². The first-order chi connectivity index (χ1) is 8.25. The predicted octanol–water partition coefficient (Wildman–Crippen LogP) is 3.02. The topological polar surface area (TPSA) is 65.2 Å². The molecule has 0 bridgehead atoms. The van der Waals surface area contributed by atoms with Crippen LogP contribution in [0.4, 0.5) is 0 Å². The van der Waals surface area contributed by atoms with E-state index in [0.29, 0.717) is 11.7 Å². The van der Waals surface area contributed by atoms with Gasteiger partial charge in [0, 0.05) is 5.41 Å². The van der Waals surface area contributed by atoms with Crippen molar-refractivity contribution < 1.29 is 14.1 Å². The lowest BCUT2D eigenvalue weighted by atomic mass is 9.96. The minimum Gasteiger partial charge on any atom is -0.452 e. The molecule has 102 valence electrons. The van der Waals surface area contributed by atoms with Gasteiger partial charge >= 0.3 is 5.97 Å². The molecule has 0 aliphatic rings. The first-order valence-corrected chi connectivity index (χ1v) is 6.30. The van der Waals surface area contributed by atoms with Crippen LogP contribution in [0.3, 0.4) is 0 Å². The Labute approximate surface area is 108 Å². The molecular weight excluding hydrogens is 232 g/mol. The maximum Gasteiger partial charge on any atom is 0.309 e. The van der Waals surface area contributed by atoms with Gasteiger partial charge in [-0.3, -0.25) is 4.79 Å². The average molecular weight is 254 g/mol. The molecule has 0 fully saturated rings. The Hall–Kier alpha value is -1.39. The van der Waals surface area contributed by atoms with E-state index >= 15 is 0 Å². The van der Waals surface area contributed by atoms with Crippen LogP contribution in [-0.2, 0) is 14.9 Å². The summed E-state index contributed by atoms with van der Waals surface area (Å²) in [5.41, 5.74) is -0.178. The zero-order chi connectivity index (χ0) is 13.9. The Morgan fingerprint density at radius 1 is 1.39 bits per heavy atom. The van der Waals surface area contributed by atoms with Crippen LogP contribution < -0.4 is 0 Å². The monoisotopic (exact) mass is 254 g/mol. The molecule has 0 spiro atoms. The molecule has 1 aromatic heterocycles. The molecule has 2 atom stereocenters. The van der Waals surface area contributed by atoms with E-state index in [1.54, 1.807) is 6.92 Å². The lowest BCUT2D eigenvalue weighted by Crippen LogP contribution is -2.17. The van der Waals surface area contributed by atoms with Crippen molar-refractivity contribution in [3.05, 3.63) is 11.7 Å². The molecule has 0 saturated carbocycles. The zero-order valence-corrected chi connectivity index (χ0v) is 12.0. The quantitative estimate of drug-likeness (QED) is 0.773. The number of esters is 1. The third kappa shape index (κ3) is 3.55. The van der Waals surface area contributed by atoms with Gasteiger partial charge in [0.25, 0.3) is 5.89 Å². The maximum absolute atomic E-state index is 11.6. The van der Waals surface area contributed by atoms with Crippen LogP contribution in [0.15, 0.2) is 4.52 Å². The molecule has 1 rings (SSSR count). The second kappa shape index (κ2) is 5.50. The fourth-order valence-electron chi connectivity index (χ4n) is 1.21. The third-order valence-electron chi connectivity index (χ3n) is 2.77. The second-order valence-electron chi connectivity index (χ2n) is 5.59. The summed E-state index contributed by atoms with van der Waals surface area (Å²) in [6, 6.07) is 0. The molecule has 1 aromatic rings. The molecule has 5 nitrogen and oxygen atoms in total. The Bertz CT molecular complexity index is 407. The summed E-state index contributed by atoms with van der Waals surface area (Å²) in [6.45, 7) is 11.5. The van der Waals surface area contributed by atoms with Gasteiger partial charge in [0.2, 0.25) is 0 Å². The van der Waals surface area contributed by atoms with Gasteiger partial charge in [-0.25, -0.2) is 0 Å². The number of carbonyl (C=O) groups is 1. The number of rotatable bonds is 4. The highest BCUT2D eigenvalue weighted by molar-refractivity contribution is 5.72. The number of hydrogen-bond acceptors (Lipinski definition) is 5. The number of hydrogen-bond donors (Lipinski definition) is 0. The third-order valence-corrected chi connectivity index (χ3v) is 2.77. The second-order valence-corrected chi connectivity index (χ2v) is 5.59. The van der Waals surface area contributed by atoms with Crippen molar-refractivity contribution in [3.8, 4) is 0 Å². The molecule has 0 radical (unpaired) electrons. The number of nitrogens with zero attached hydrogens (tertiary/aromatic N) is 2. The average Bonchev–Trinajstić information content (AvgIpc) is 2.76. The molecule has 0 aliphatic heterocycles. The first-order valence-electron chi connectivity index (χ1n) is 6.30. The lowest BCUT2D eigenvalue weighted by Gasteiger charge is -2.13. The minimum absolute atomic E-state index is 0.113. The van der Waals surface area contributed by atoms with E-state index in [2.05, 4.69) is 10.1 Å². The van der Waals surface area contributed by atoms with Gasteiger partial charge in [-0.05, 0) is 13.3 Å². The standard InChI is InChI=1S/C13H22N2O3/c1-7-8(2)11(16)17-9(3)10-14-12(15-18-10)13(4,5)6/h8-9H,7H2,1-6H3. The molecule has 0 saturated heterocycles. The van der Waals surface area contributed by atoms with Crippen LogP contribution >= 0.6 is 0 Å². The highest BCUT2D eigenvalue weighted by Crippen LogP contribution is 2.23. The fourth-order valence-corrected chi connectivity index (χ4v) is 1.21. The van der Waals surface area contributed by atoms with E-state index in [-0.39, 0.29) is 17.3 Å². The molecule has 0 aliphatic carbocycles. The molecule has 0 aromatic carbocycles. The van der Waals surface area contributed by atoms with Crippen molar-refractivity contribution in [2.75, 3.05) is 0 Å². The summed E-state index contributed by atoms with van der Waals surface area (Å²) >= 11 is 0.